The number of ether oxygens (including phenoxy) is 2. The zero-order valence-electron chi connectivity index (χ0n) is 9.06. The molecule has 0 amide bonds. The highest BCUT2D eigenvalue weighted by Gasteiger charge is 2.17. The van der Waals surface area contributed by atoms with E-state index < -0.39 is 0 Å². The van der Waals surface area contributed by atoms with Gasteiger partial charge in [0.15, 0.2) is 0 Å². The van der Waals surface area contributed by atoms with E-state index in [1.54, 1.807) is 6.07 Å². The average molecular weight is 225 g/mol. The van der Waals surface area contributed by atoms with Crippen molar-refractivity contribution in [2.45, 2.75) is 18.6 Å². The van der Waals surface area contributed by atoms with Gasteiger partial charge in [-0.3, -0.25) is 0 Å². The number of benzene rings is 1. The first kappa shape index (κ1) is 11.5. The number of hydrogen-bond donors (Lipinski definition) is 1. The molecule has 0 aromatic heterocycles. The lowest BCUT2D eigenvalue weighted by molar-refractivity contribution is 0.0349. The van der Waals surface area contributed by atoms with Crippen LogP contribution in [0.3, 0.4) is 0 Å². The predicted octanol–water partition coefficient (Wildman–Crippen LogP) is 1.63. The Morgan fingerprint density at radius 2 is 2.44 bits per heavy atom. The topological polar surface area (TPSA) is 44.5 Å². The van der Waals surface area contributed by atoms with E-state index in [0.717, 1.165) is 18.6 Å². The molecule has 0 spiro atoms. The van der Waals surface area contributed by atoms with Crippen molar-refractivity contribution < 1.29 is 13.9 Å². The zero-order valence-corrected chi connectivity index (χ0v) is 9.06. The molecule has 3 nitrogen and oxygen atoms in total. The Labute approximate surface area is 94.3 Å². The lowest BCUT2D eigenvalue weighted by Crippen LogP contribution is -2.22. The standard InChI is InChI=1S/C12H16FNO2/c13-10-3-1-2-9(6-10)12(14)8-16-11-4-5-15-7-11/h1-3,6,11-12H,4-5,7-8,14H2. The minimum atomic E-state index is -0.281. The first-order chi connectivity index (χ1) is 7.75. The molecule has 0 saturated carbocycles. The second-order valence-electron chi connectivity index (χ2n) is 3.98. The van der Waals surface area contributed by atoms with Crippen LogP contribution in [0.15, 0.2) is 24.3 Å². The summed E-state index contributed by atoms with van der Waals surface area (Å²) in [5.74, 6) is -0.267. The fraction of sp³-hybridized carbons (Fsp3) is 0.500. The largest absolute Gasteiger partial charge is 0.379 e. The fourth-order valence-electron chi connectivity index (χ4n) is 1.72. The van der Waals surface area contributed by atoms with Gasteiger partial charge in [0.2, 0.25) is 0 Å². The van der Waals surface area contributed by atoms with Crippen molar-refractivity contribution in [2.24, 2.45) is 5.73 Å². The third-order valence-corrected chi connectivity index (χ3v) is 2.68. The molecule has 2 atom stereocenters. The maximum atomic E-state index is 13.0. The van der Waals surface area contributed by atoms with Crippen LogP contribution in [0.1, 0.15) is 18.0 Å². The summed E-state index contributed by atoms with van der Waals surface area (Å²) in [6.45, 7) is 1.78. The van der Waals surface area contributed by atoms with Gasteiger partial charge < -0.3 is 15.2 Å². The highest BCUT2D eigenvalue weighted by molar-refractivity contribution is 5.19. The molecule has 1 aromatic rings. The van der Waals surface area contributed by atoms with E-state index in [9.17, 15) is 4.39 Å². The van der Waals surface area contributed by atoms with Crippen molar-refractivity contribution in [3.05, 3.63) is 35.6 Å². The van der Waals surface area contributed by atoms with E-state index in [0.29, 0.717) is 13.2 Å². The van der Waals surface area contributed by atoms with Crippen LogP contribution in [0.4, 0.5) is 4.39 Å². The lowest BCUT2D eigenvalue weighted by Gasteiger charge is -2.15. The van der Waals surface area contributed by atoms with Gasteiger partial charge in [-0.15, -0.1) is 0 Å². The van der Waals surface area contributed by atoms with Gasteiger partial charge in [0.25, 0.3) is 0 Å². The van der Waals surface area contributed by atoms with Gasteiger partial charge in [-0.25, -0.2) is 4.39 Å². The summed E-state index contributed by atoms with van der Waals surface area (Å²) in [5, 5.41) is 0. The zero-order chi connectivity index (χ0) is 11.4. The normalized spacial score (nSPS) is 22.2. The van der Waals surface area contributed by atoms with Gasteiger partial charge in [0.05, 0.1) is 25.4 Å². The van der Waals surface area contributed by atoms with Gasteiger partial charge in [-0.1, -0.05) is 12.1 Å². The molecule has 2 rings (SSSR count). The maximum Gasteiger partial charge on any atom is 0.123 e. The lowest BCUT2D eigenvalue weighted by atomic mass is 10.1. The molecule has 0 bridgehead atoms. The van der Waals surface area contributed by atoms with E-state index in [1.165, 1.54) is 12.1 Å². The molecular formula is C12H16FNO2. The summed E-state index contributed by atoms with van der Waals surface area (Å²) in [6.07, 6.45) is 1.05. The van der Waals surface area contributed by atoms with Crippen LogP contribution in [0, 0.1) is 5.82 Å². The molecule has 88 valence electrons. The van der Waals surface area contributed by atoms with Crippen molar-refractivity contribution in [1.29, 1.82) is 0 Å². The number of hydrogen-bond acceptors (Lipinski definition) is 3. The molecule has 1 aliphatic heterocycles. The summed E-state index contributed by atoms with van der Waals surface area (Å²) in [6, 6.07) is 6.03. The van der Waals surface area contributed by atoms with E-state index >= 15 is 0 Å². The number of nitrogens with two attached hydrogens (primary N) is 1. The van der Waals surface area contributed by atoms with Crippen molar-refractivity contribution in [3.8, 4) is 0 Å². The van der Waals surface area contributed by atoms with E-state index in [4.69, 9.17) is 15.2 Å². The Bertz CT molecular complexity index is 340. The van der Waals surface area contributed by atoms with Gasteiger partial charge in [-0.2, -0.15) is 0 Å². The fourth-order valence-corrected chi connectivity index (χ4v) is 1.72. The Balaban J connectivity index is 1.85. The van der Waals surface area contributed by atoms with Crippen molar-refractivity contribution in [1.82, 2.24) is 0 Å². The van der Waals surface area contributed by atoms with Gasteiger partial charge in [0.1, 0.15) is 5.82 Å². The van der Waals surface area contributed by atoms with Crippen LogP contribution >= 0.6 is 0 Å². The molecule has 1 saturated heterocycles. The predicted molar refractivity (Wildman–Crippen MR) is 58.5 cm³/mol. The van der Waals surface area contributed by atoms with Crippen molar-refractivity contribution in [3.63, 3.8) is 0 Å². The van der Waals surface area contributed by atoms with Crippen LogP contribution in [0.2, 0.25) is 0 Å². The summed E-state index contributed by atoms with van der Waals surface area (Å²) in [4.78, 5) is 0. The van der Waals surface area contributed by atoms with Crippen LogP contribution in [0.5, 0.6) is 0 Å². The quantitative estimate of drug-likeness (QED) is 0.847. The summed E-state index contributed by atoms with van der Waals surface area (Å²) in [5.41, 5.74) is 6.67. The minimum absolute atomic E-state index is 0.139. The Kier molecular flexibility index (Phi) is 3.88. The monoisotopic (exact) mass is 225 g/mol. The second-order valence-corrected chi connectivity index (χ2v) is 3.98. The molecule has 2 N–H and O–H groups in total. The molecule has 1 aromatic carbocycles. The van der Waals surface area contributed by atoms with Crippen LogP contribution in [0.25, 0.3) is 0 Å². The molecule has 0 aliphatic carbocycles. The van der Waals surface area contributed by atoms with E-state index in [1.807, 2.05) is 6.07 Å². The second kappa shape index (κ2) is 5.39. The van der Waals surface area contributed by atoms with Crippen LogP contribution < -0.4 is 5.73 Å². The van der Waals surface area contributed by atoms with Crippen molar-refractivity contribution in [2.75, 3.05) is 19.8 Å². The van der Waals surface area contributed by atoms with Crippen molar-refractivity contribution >= 4 is 0 Å². The first-order valence-electron chi connectivity index (χ1n) is 5.46. The Morgan fingerprint density at radius 3 is 3.12 bits per heavy atom. The smallest absolute Gasteiger partial charge is 0.123 e. The highest BCUT2D eigenvalue weighted by Crippen LogP contribution is 2.15. The van der Waals surface area contributed by atoms with Gasteiger partial charge in [0, 0.05) is 6.61 Å². The summed E-state index contributed by atoms with van der Waals surface area (Å²) < 4.78 is 23.7. The molecule has 1 aliphatic rings. The van der Waals surface area contributed by atoms with Crippen LogP contribution in [-0.2, 0) is 9.47 Å². The summed E-state index contributed by atoms with van der Waals surface area (Å²) in [7, 11) is 0. The molecule has 16 heavy (non-hydrogen) atoms. The van der Waals surface area contributed by atoms with Gasteiger partial charge >= 0.3 is 0 Å². The minimum Gasteiger partial charge on any atom is -0.379 e. The third-order valence-electron chi connectivity index (χ3n) is 2.68. The van der Waals surface area contributed by atoms with Crippen LogP contribution in [-0.4, -0.2) is 25.9 Å². The average Bonchev–Trinajstić information content (AvgIpc) is 2.78. The molecule has 0 radical (unpaired) electrons. The SMILES string of the molecule is NC(COC1CCOC1)c1cccc(F)c1. The number of halogens is 1. The number of rotatable bonds is 4. The highest BCUT2D eigenvalue weighted by atomic mass is 19.1. The maximum absolute atomic E-state index is 13.0. The Morgan fingerprint density at radius 1 is 1.56 bits per heavy atom. The van der Waals surface area contributed by atoms with E-state index in [-0.39, 0.29) is 18.0 Å². The molecule has 1 heterocycles. The first-order valence-corrected chi connectivity index (χ1v) is 5.46. The van der Waals surface area contributed by atoms with Gasteiger partial charge in [-0.05, 0) is 24.1 Å². The van der Waals surface area contributed by atoms with E-state index in [2.05, 4.69) is 0 Å². The molecule has 2 unspecified atom stereocenters. The molecule has 4 heteroatoms. The summed E-state index contributed by atoms with van der Waals surface area (Å²) >= 11 is 0. The molecular weight excluding hydrogens is 209 g/mol. The third kappa shape index (κ3) is 3.01. The Hall–Kier alpha value is -0.970. The molecule has 1 fully saturated rings.